The predicted octanol–water partition coefficient (Wildman–Crippen LogP) is 2.64. The number of likely N-dealkylation sites (N-methyl/N-ethyl adjacent to an activating group) is 1. The molecule has 0 aliphatic carbocycles. The fourth-order valence-corrected chi connectivity index (χ4v) is 5.34. The van der Waals surface area contributed by atoms with Gasteiger partial charge in [0.05, 0.1) is 18.4 Å². The summed E-state index contributed by atoms with van der Waals surface area (Å²) in [5.41, 5.74) is -1.42. The van der Waals surface area contributed by atoms with E-state index in [9.17, 15) is 22.8 Å². The van der Waals surface area contributed by atoms with Gasteiger partial charge in [0.1, 0.15) is 5.70 Å². The summed E-state index contributed by atoms with van der Waals surface area (Å²) in [5, 5.41) is 9.25. The zero-order valence-corrected chi connectivity index (χ0v) is 25.2. The van der Waals surface area contributed by atoms with Crippen molar-refractivity contribution in [1.29, 1.82) is 0 Å². The van der Waals surface area contributed by atoms with Crippen molar-refractivity contribution in [2.45, 2.75) is 38.2 Å². The van der Waals surface area contributed by atoms with Crippen molar-refractivity contribution < 1.29 is 32.2 Å². The van der Waals surface area contributed by atoms with Crippen molar-refractivity contribution in [2.24, 2.45) is 0 Å². The molecule has 2 aromatic heterocycles. The molecule has 3 N–H and O–H groups in total. The van der Waals surface area contributed by atoms with Crippen molar-refractivity contribution in [3.05, 3.63) is 77.0 Å². The smallest absolute Gasteiger partial charge is 0.434 e. The monoisotopic (exact) mass is 617 g/mol. The maximum atomic E-state index is 13.8. The second-order valence-electron chi connectivity index (χ2n) is 10.2. The maximum absolute atomic E-state index is 13.8. The second-order valence-corrected chi connectivity index (χ2v) is 10.2. The summed E-state index contributed by atoms with van der Waals surface area (Å²) in [6, 6.07) is 5.67. The molecule has 1 fully saturated rings. The molecule has 2 aliphatic rings. The Bertz CT molecular complexity index is 1390. The van der Waals surface area contributed by atoms with Crippen LogP contribution in [0.2, 0.25) is 0 Å². The number of methoxy groups -OCH3 is 1. The van der Waals surface area contributed by atoms with Gasteiger partial charge in [-0.25, -0.2) is 4.98 Å². The normalized spacial score (nSPS) is 20.4. The molecule has 14 heteroatoms. The summed E-state index contributed by atoms with van der Waals surface area (Å²) in [4.78, 5) is 38.2. The quantitative estimate of drug-likeness (QED) is 0.327. The molecule has 1 saturated heterocycles. The van der Waals surface area contributed by atoms with Crippen LogP contribution in [0.25, 0.3) is 0 Å². The van der Waals surface area contributed by atoms with Crippen LogP contribution in [-0.4, -0.2) is 91.1 Å². The number of carbonyl (C=O) groups is 2. The highest BCUT2D eigenvalue weighted by molar-refractivity contribution is 5.96. The highest BCUT2D eigenvalue weighted by atomic mass is 19.4. The molecular weight excluding hydrogens is 579 g/mol. The molecule has 0 radical (unpaired) electrons. The third-order valence-electron chi connectivity index (χ3n) is 7.52. The van der Waals surface area contributed by atoms with Crippen molar-refractivity contribution >= 4 is 11.8 Å². The van der Waals surface area contributed by atoms with E-state index in [2.05, 4.69) is 25.9 Å². The molecule has 4 heterocycles. The van der Waals surface area contributed by atoms with Crippen LogP contribution in [0.4, 0.5) is 13.2 Å². The van der Waals surface area contributed by atoms with E-state index in [1.165, 1.54) is 18.1 Å². The number of ether oxygens (including phenoxy) is 2. The number of hydrogen-bond donors (Lipinski definition) is 3. The lowest BCUT2D eigenvalue weighted by atomic mass is 9.97. The number of halogens is 3. The average Bonchev–Trinajstić information content (AvgIpc) is 3.04. The zero-order chi connectivity index (χ0) is 31.9. The molecule has 0 spiro atoms. The largest absolute Gasteiger partial charge is 0.481 e. The summed E-state index contributed by atoms with van der Waals surface area (Å²) in [6.45, 7) is 5.60. The minimum absolute atomic E-state index is 0.129. The molecule has 2 aromatic rings. The van der Waals surface area contributed by atoms with Crippen LogP contribution in [0.3, 0.4) is 0 Å². The third kappa shape index (κ3) is 6.97. The Kier molecular flexibility index (Phi) is 10.5. The van der Waals surface area contributed by atoms with Crippen LogP contribution in [0.15, 0.2) is 60.2 Å². The molecule has 0 aromatic carbocycles. The van der Waals surface area contributed by atoms with E-state index < -0.39 is 29.1 Å². The van der Waals surface area contributed by atoms with Gasteiger partial charge in [-0.3, -0.25) is 14.6 Å². The molecule has 4 rings (SSSR count). The van der Waals surface area contributed by atoms with E-state index in [1.54, 1.807) is 25.5 Å². The number of hydrogen-bond acceptors (Lipinski definition) is 9. The van der Waals surface area contributed by atoms with E-state index in [-0.39, 0.29) is 43.2 Å². The van der Waals surface area contributed by atoms with E-state index in [1.807, 2.05) is 37.0 Å². The Hall–Kier alpha value is -4.17. The number of alkyl halides is 3. The molecule has 0 bridgehead atoms. The topological polar surface area (TPSA) is 121 Å². The number of nitrogens with zero attached hydrogens (tertiary/aromatic N) is 4. The van der Waals surface area contributed by atoms with Gasteiger partial charge in [-0.2, -0.15) is 13.2 Å². The fraction of sp³-hybridized carbons (Fsp3) is 0.467. The van der Waals surface area contributed by atoms with Gasteiger partial charge < -0.3 is 35.2 Å². The van der Waals surface area contributed by atoms with Crippen LogP contribution in [-0.2, 0) is 21.4 Å². The molecule has 2 atom stereocenters. The van der Waals surface area contributed by atoms with Gasteiger partial charge in [0, 0.05) is 69.4 Å². The van der Waals surface area contributed by atoms with Crippen molar-refractivity contribution in [3.8, 4) is 5.88 Å². The Labute approximate surface area is 254 Å². The van der Waals surface area contributed by atoms with Crippen LogP contribution in [0.1, 0.15) is 41.9 Å². The number of dihydropyridines is 1. The second kappa shape index (κ2) is 14.1. The first kappa shape index (κ1) is 32.7. The van der Waals surface area contributed by atoms with Crippen LogP contribution in [0.5, 0.6) is 5.88 Å². The lowest BCUT2D eigenvalue weighted by Crippen LogP contribution is -2.56. The first-order valence-corrected chi connectivity index (χ1v) is 14.5. The minimum Gasteiger partial charge on any atom is -0.481 e. The van der Waals surface area contributed by atoms with Gasteiger partial charge in [0.2, 0.25) is 5.88 Å². The summed E-state index contributed by atoms with van der Waals surface area (Å²) in [5.74, 6) is -1.35. The highest BCUT2D eigenvalue weighted by Crippen LogP contribution is 2.35. The summed E-state index contributed by atoms with van der Waals surface area (Å²) >= 11 is 0. The van der Waals surface area contributed by atoms with Crippen LogP contribution in [0, 0.1) is 0 Å². The number of piperazine rings is 1. The lowest BCUT2D eigenvalue weighted by Gasteiger charge is -2.46. The van der Waals surface area contributed by atoms with Gasteiger partial charge in [-0.15, -0.1) is 0 Å². The summed E-state index contributed by atoms with van der Waals surface area (Å²) in [6.07, 6.45) is 2.68. The highest BCUT2D eigenvalue weighted by Gasteiger charge is 2.42. The zero-order valence-electron chi connectivity index (χ0n) is 25.2. The van der Waals surface area contributed by atoms with Crippen LogP contribution < -0.4 is 20.7 Å². The average molecular weight is 618 g/mol. The fourth-order valence-electron chi connectivity index (χ4n) is 5.34. The number of amides is 2. The van der Waals surface area contributed by atoms with Gasteiger partial charge in [0.15, 0.2) is 11.4 Å². The standard InChI is InChI=1S/C30H38F3N7O4/c1-5-21-19-39(28(42)22-9-10-24(43-4)37-26(22)30(31,32)33)16-17-40(21)23-11-12-29(44-6-2,20-8-7-13-35-18-20)38-25(23)27(41)36-15-14-34-3/h7-13,18,21,34,38H,5-6,14-17,19H2,1-4H3,(H,36,41)/t21-,29?/m1/s1. The number of allylic oxidation sites excluding steroid dienone is 1. The molecular formula is C30H38F3N7O4. The maximum Gasteiger partial charge on any atom is 0.434 e. The van der Waals surface area contributed by atoms with Crippen molar-refractivity contribution in [1.82, 2.24) is 35.7 Å². The first-order valence-electron chi connectivity index (χ1n) is 14.5. The summed E-state index contributed by atoms with van der Waals surface area (Å²) < 4.78 is 52.5. The number of nitrogens with one attached hydrogen (secondary N) is 3. The Morgan fingerprint density at radius 1 is 1.18 bits per heavy atom. The van der Waals surface area contributed by atoms with Gasteiger partial charge in [0.25, 0.3) is 11.8 Å². The molecule has 1 unspecified atom stereocenters. The Balaban J connectivity index is 1.66. The SMILES string of the molecule is CCOC1(c2cccnc2)C=CC(N2CCN(C(=O)c3ccc(OC)nc3C(F)(F)F)C[C@H]2CC)=C(C(=O)NCCNC)N1. The lowest BCUT2D eigenvalue weighted by molar-refractivity contribution is -0.141. The number of rotatable bonds is 11. The molecule has 2 aliphatic heterocycles. The van der Waals surface area contributed by atoms with E-state index >= 15 is 0 Å². The Morgan fingerprint density at radius 2 is 1.98 bits per heavy atom. The number of pyridine rings is 2. The number of carbonyl (C=O) groups excluding carboxylic acids is 2. The van der Waals surface area contributed by atoms with Gasteiger partial charge >= 0.3 is 6.18 Å². The van der Waals surface area contributed by atoms with Gasteiger partial charge in [-0.1, -0.05) is 13.0 Å². The molecule has 2 amide bonds. The van der Waals surface area contributed by atoms with E-state index in [0.717, 1.165) is 6.07 Å². The molecule has 238 valence electrons. The van der Waals surface area contributed by atoms with Gasteiger partial charge in [-0.05, 0) is 44.7 Å². The van der Waals surface area contributed by atoms with Crippen LogP contribution >= 0.6 is 0 Å². The number of aromatic nitrogens is 2. The van der Waals surface area contributed by atoms with E-state index in [0.29, 0.717) is 37.4 Å². The van der Waals surface area contributed by atoms with Crippen molar-refractivity contribution in [3.63, 3.8) is 0 Å². The third-order valence-corrected chi connectivity index (χ3v) is 7.52. The Morgan fingerprint density at radius 3 is 2.61 bits per heavy atom. The predicted molar refractivity (Wildman–Crippen MR) is 156 cm³/mol. The summed E-state index contributed by atoms with van der Waals surface area (Å²) in [7, 11) is 3.00. The van der Waals surface area contributed by atoms with E-state index in [4.69, 9.17) is 9.47 Å². The molecule has 11 nitrogen and oxygen atoms in total. The first-order chi connectivity index (χ1) is 21.1. The molecule has 44 heavy (non-hydrogen) atoms. The van der Waals surface area contributed by atoms with Crippen molar-refractivity contribution in [2.75, 3.05) is 53.5 Å². The molecule has 0 saturated carbocycles. The minimum atomic E-state index is -4.84.